The van der Waals surface area contributed by atoms with Crippen molar-refractivity contribution in [1.29, 1.82) is 0 Å². The Kier molecular flexibility index (Phi) is 15.3. The van der Waals surface area contributed by atoms with Crippen molar-refractivity contribution in [2.24, 2.45) is 11.7 Å². The summed E-state index contributed by atoms with van der Waals surface area (Å²) in [5.74, 6) is -2.11. The average Bonchev–Trinajstić information content (AvgIpc) is 3.21. The molecule has 13 nitrogen and oxygen atoms in total. The maximum absolute atomic E-state index is 13.3. The van der Waals surface area contributed by atoms with E-state index in [4.69, 9.17) is 15.6 Å². The third-order valence-corrected chi connectivity index (χ3v) is 7.46. The van der Waals surface area contributed by atoms with E-state index < -0.39 is 35.1 Å². The van der Waals surface area contributed by atoms with Gasteiger partial charge in [-0.15, -0.1) is 0 Å². The summed E-state index contributed by atoms with van der Waals surface area (Å²) in [7, 11) is 0. The van der Waals surface area contributed by atoms with Gasteiger partial charge in [-0.05, 0) is 55.9 Å². The summed E-state index contributed by atoms with van der Waals surface area (Å²) in [6.45, 7) is 11.3. The van der Waals surface area contributed by atoms with Crippen LogP contribution in [0.5, 0.6) is 0 Å². The van der Waals surface area contributed by atoms with Crippen LogP contribution >= 0.6 is 12.6 Å². The van der Waals surface area contributed by atoms with Gasteiger partial charge in [-0.25, -0.2) is 0 Å². The normalized spacial score (nSPS) is 15.7. The second-order valence-electron chi connectivity index (χ2n) is 11.2. The Balaban J connectivity index is 1.93. The number of benzene rings is 1. The molecule has 3 atom stereocenters. The second-order valence-corrected chi connectivity index (χ2v) is 11.9. The zero-order chi connectivity index (χ0) is 33.5. The Morgan fingerprint density at radius 2 is 1.76 bits per heavy atom. The highest BCUT2D eigenvalue weighted by Crippen LogP contribution is 2.19. The van der Waals surface area contributed by atoms with Crippen LogP contribution in [0.3, 0.4) is 0 Å². The van der Waals surface area contributed by atoms with E-state index in [1.54, 1.807) is 38.1 Å². The lowest BCUT2D eigenvalue weighted by atomic mass is 10.0. The van der Waals surface area contributed by atoms with Crippen LogP contribution in [0.25, 0.3) is 0 Å². The maximum Gasteiger partial charge on any atom is 0.269 e. The maximum atomic E-state index is 13.3. The lowest BCUT2D eigenvalue weighted by Crippen LogP contribution is -2.54. The predicted octanol–water partition coefficient (Wildman–Crippen LogP) is 2.21. The Bertz CT molecular complexity index is 1220. The number of hydrogen-bond donors (Lipinski definition) is 7. The monoisotopic (exact) mass is 646 g/mol. The number of anilines is 1. The molecule has 1 aliphatic heterocycles. The number of unbranched alkanes of at least 4 members (excludes halogenated alkanes) is 2. The third kappa shape index (κ3) is 13.1. The smallest absolute Gasteiger partial charge is 0.269 e. The number of hydrogen-bond acceptors (Lipinski definition) is 10. The van der Waals surface area contributed by atoms with E-state index in [2.05, 4.69) is 47.1 Å². The van der Waals surface area contributed by atoms with Crippen molar-refractivity contribution in [3.8, 4) is 0 Å². The van der Waals surface area contributed by atoms with Crippen molar-refractivity contribution in [2.75, 3.05) is 18.4 Å². The Labute approximate surface area is 269 Å². The van der Waals surface area contributed by atoms with Crippen LogP contribution < -0.4 is 27.0 Å². The van der Waals surface area contributed by atoms with Crippen LogP contribution in [0.1, 0.15) is 64.4 Å². The Morgan fingerprint density at radius 3 is 2.33 bits per heavy atom. The van der Waals surface area contributed by atoms with Crippen molar-refractivity contribution < 1.29 is 33.8 Å². The molecule has 248 valence electrons. The number of carbonyl (C=O) groups is 5. The highest BCUT2D eigenvalue weighted by Gasteiger charge is 2.35. The van der Waals surface area contributed by atoms with Crippen molar-refractivity contribution in [1.82, 2.24) is 20.9 Å². The van der Waals surface area contributed by atoms with Gasteiger partial charge in [0.2, 0.25) is 29.5 Å². The molecule has 0 saturated carbocycles. The van der Waals surface area contributed by atoms with E-state index in [0.717, 1.165) is 5.56 Å². The van der Waals surface area contributed by atoms with Gasteiger partial charge in [-0.2, -0.15) is 12.6 Å². The molecule has 0 aliphatic carbocycles. The molecule has 0 aromatic heterocycles. The summed E-state index contributed by atoms with van der Waals surface area (Å²) >= 11 is 4.12. The molecule has 1 heterocycles. The zero-order valence-electron chi connectivity index (χ0n) is 26.0. The van der Waals surface area contributed by atoms with Gasteiger partial charge in [0.1, 0.15) is 18.7 Å². The lowest BCUT2D eigenvalue weighted by molar-refractivity contribution is -0.138. The van der Waals surface area contributed by atoms with Gasteiger partial charge in [0, 0.05) is 31.6 Å². The first-order valence-corrected chi connectivity index (χ1v) is 15.5. The molecule has 1 aromatic carbocycles. The van der Waals surface area contributed by atoms with E-state index >= 15 is 0 Å². The van der Waals surface area contributed by atoms with E-state index in [9.17, 15) is 24.0 Å². The molecule has 0 radical (unpaired) electrons. The molecule has 1 aromatic rings. The summed E-state index contributed by atoms with van der Waals surface area (Å²) in [5, 5.41) is 19.8. The number of aliphatic hydroxyl groups is 1. The lowest BCUT2D eigenvalue weighted by Gasteiger charge is -2.25. The van der Waals surface area contributed by atoms with Crippen LogP contribution in [-0.2, 0) is 35.3 Å². The molecular formula is C31H46N6O7S. The van der Waals surface area contributed by atoms with Gasteiger partial charge in [0.05, 0.1) is 11.1 Å². The molecule has 45 heavy (non-hydrogen) atoms. The standard InChI is InChI=1S/C31H46N6O7S/c1-19(2)28(36-26(39)10-6-5-7-16-37-27(40)17-25(45)31(37)43)30(42)35-24(9-8-15-33-20(3)32)29(41)34-23-13-11-22(12-14-23)18-44-21(4)38/h11-14,19,24-25,28,33,38,45H,3-10,15-18,32H2,1-2H3,(H,34,41)(H,35,42)(H,36,39)/t24-,25?,28?/m0/s1. The summed E-state index contributed by atoms with van der Waals surface area (Å²) in [6, 6.07) is 5.00. The quantitative estimate of drug-likeness (QED) is 0.0482. The van der Waals surface area contributed by atoms with Crippen LogP contribution in [0.2, 0.25) is 0 Å². The number of rotatable bonds is 20. The molecule has 1 aliphatic rings. The van der Waals surface area contributed by atoms with E-state index in [1.165, 1.54) is 4.90 Å². The van der Waals surface area contributed by atoms with Crippen molar-refractivity contribution >= 4 is 47.9 Å². The highest BCUT2D eigenvalue weighted by atomic mass is 32.1. The van der Waals surface area contributed by atoms with E-state index in [-0.39, 0.29) is 49.5 Å². The summed E-state index contributed by atoms with van der Waals surface area (Å²) < 4.78 is 4.98. The van der Waals surface area contributed by atoms with Crippen molar-refractivity contribution in [2.45, 2.75) is 82.7 Å². The van der Waals surface area contributed by atoms with Gasteiger partial charge < -0.3 is 36.8 Å². The summed E-state index contributed by atoms with van der Waals surface area (Å²) in [6.07, 6.45) is 2.77. The number of aliphatic hydroxyl groups excluding tert-OH is 1. The second kappa shape index (κ2) is 18.6. The first kappa shape index (κ1) is 37.0. The predicted molar refractivity (Wildman–Crippen MR) is 173 cm³/mol. The molecule has 0 spiro atoms. The fraction of sp³-hybridized carbons (Fsp3) is 0.516. The number of nitrogens with one attached hydrogen (secondary N) is 4. The number of nitrogens with two attached hydrogens (primary N) is 1. The molecular weight excluding hydrogens is 600 g/mol. The Morgan fingerprint density at radius 1 is 1.07 bits per heavy atom. The van der Waals surface area contributed by atoms with Gasteiger partial charge >= 0.3 is 0 Å². The van der Waals surface area contributed by atoms with Gasteiger partial charge in [0.25, 0.3) is 5.95 Å². The van der Waals surface area contributed by atoms with Crippen LogP contribution in [0, 0.1) is 5.92 Å². The fourth-order valence-corrected chi connectivity index (χ4v) is 4.87. The first-order chi connectivity index (χ1) is 21.3. The SMILES string of the molecule is C=C(N)NCCC[C@H](NC(=O)C(NC(=O)CCCCCN1C(=O)CC(S)C1=O)C(C)C)C(=O)Nc1ccc(COC(=C)O)cc1. The van der Waals surface area contributed by atoms with Crippen LogP contribution in [0.15, 0.2) is 49.2 Å². The molecule has 2 rings (SSSR count). The summed E-state index contributed by atoms with van der Waals surface area (Å²) in [5.41, 5.74) is 6.81. The average molecular weight is 647 g/mol. The minimum atomic E-state index is -0.905. The van der Waals surface area contributed by atoms with Crippen LogP contribution in [0.4, 0.5) is 5.69 Å². The zero-order valence-corrected chi connectivity index (χ0v) is 26.9. The molecule has 1 fully saturated rings. The molecule has 1 saturated heterocycles. The fourth-order valence-electron chi connectivity index (χ4n) is 4.58. The largest absolute Gasteiger partial charge is 0.481 e. The number of imide groups is 1. The number of carbonyl (C=O) groups excluding carboxylic acids is 5. The topological polar surface area (TPSA) is 192 Å². The number of ether oxygens (including phenoxy) is 1. The van der Waals surface area contributed by atoms with Crippen LogP contribution in [-0.4, -0.2) is 70.0 Å². The molecule has 7 N–H and O–H groups in total. The highest BCUT2D eigenvalue weighted by molar-refractivity contribution is 7.81. The van der Waals surface area contributed by atoms with Gasteiger partial charge in [-0.3, -0.25) is 28.9 Å². The van der Waals surface area contributed by atoms with E-state index in [1.807, 2.05) is 0 Å². The minimum absolute atomic E-state index is 0.109. The van der Waals surface area contributed by atoms with Crippen molar-refractivity contribution in [3.05, 3.63) is 54.8 Å². The third-order valence-electron chi connectivity index (χ3n) is 7.05. The number of nitrogens with zero attached hydrogens (tertiary/aromatic N) is 1. The molecule has 14 heteroatoms. The minimum Gasteiger partial charge on any atom is -0.481 e. The molecule has 2 unspecified atom stereocenters. The number of likely N-dealkylation sites (tertiary alicyclic amines) is 1. The first-order valence-electron chi connectivity index (χ1n) is 15.0. The van der Waals surface area contributed by atoms with Crippen molar-refractivity contribution in [3.63, 3.8) is 0 Å². The Hall–Kier alpha value is -4.20. The van der Waals surface area contributed by atoms with Gasteiger partial charge in [0.15, 0.2) is 0 Å². The van der Waals surface area contributed by atoms with Gasteiger partial charge in [-0.1, -0.05) is 39.0 Å². The molecule has 5 amide bonds. The summed E-state index contributed by atoms with van der Waals surface area (Å²) in [4.78, 5) is 64.4. The number of amides is 5. The molecule has 0 bridgehead atoms. The number of thiol groups is 1. The van der Waals surface area contributed by atoms with E-state index in [0.29, 0.717) is 50.3 Å².